The summed E-state index contributed by atoms with van der Waals surface area (Å²) in [6.45, 7) is 0.496. The Kier molecular flexibility index (Phi) is 4.34. The third-order valence-electron chi connectivity index (χ3n) is 2.74. The van der Waals surface area contributed by atoms with E-state index in [2.05, 4.69) is 21.2 Å². The molecule has 0 aliphatic heterocycles. The van der Waals surface area contributed by atoms with E-state index in [0.29, 0.717) is 22.1 Å². The van der Waals surface area contributed by atoms with Crippen LogP contribution in [-0.2, 0) is 6.54 Å². The molecule has 0 spiro atoms. The molecule has 0 radical (unpaired) electrons. The maximum absolute atomic E-state index is 13.1. The van der Waals surface area contributed by atoms with Gasteiger partial charge in [0.25, 0.3) is 0 Å². The molecule has 98 valence electrons. The highest BCUT2D eigenvalue weighted by atomic mass is 79.9. The molecular weight excluding hydrogens is 321 g/mol. The third kappa shape index (κ3) is 3.14. The van der Waals surface area contributed by atoms with E-state index in [4.69, 9.17) is 10.5 Å². The number of nitrogens with zero attached hydrogens (tertiary/aromatic N) is 2. The van der Waals surface area contributed by atoms with E-state index < -0.39 is 0 Å². The van der Waals surface area contributed by atoms with Crippen molar-refractivity contribution >= 4 is 21.6 Å². The van der Waals surface area contributed by atoms with Crippen molar-refractivity contribution in [1.82, 2.24) is 0 Å². The van der Waals surface area contributed by atoms with Gasteiger partial charge in [0.2, 0.25) is 0 Å². The van der Waals surface area contributed by atoms with Crippen molar-refractivity contribution in [3.8, 4) is 12.1 Å². The fourth-order valence-electron chi connectivity index (χ4n) is 1.70. The Balaban J connectivity index is 2.13. The van der Waals surface area contributed by atoms with Gasteiger partial charge in [0.05, 0.1) is 15.6 Å². The molecule has 0 bridgehead atoms. The normalized spacial score (nSPS) is 9.60. The Bertz CT molecular complexity index is 729. The second kappa shape index (κ2) is 6.18. The predicted molar refractivity (Wildman–Crippen MR) is 77.3 cm³/mol. The van der Waals surface area contributed by atoms with Crippen LogP contribution in [0.3, 0.4) is 0 Å². The number of nitriles is 2. The molecular formula is C15H9BrFN3. The topological polar surface area (TPSA) is 59.6 Å². The lowest BCUT2D eigenvalue weighted by molar-refractivity contribution is 0.620. The van der Waals surface area contributed by atoms with Crippen LogP contribution in [0.5, 0.6) is 0 Å². The van der Waals surface area contributed by atoms with Gasteiger partial charge in [-0.2, -0.15) is 10.5 Å². The lowest BCUT2D eigenvalue weighted by Crippen LogP contribution is -2.00. The molecule has 0 aliphatic carbocycles. The second-order valence-electron chi connectivity index (χ2n) is 4.09. The van der Waals surface area contributed by atoms with E-state index >= 15 is 0 Å². The monoisotopic (exact) mass is 329 g/mol. The van der Waals surface area contributed by atoms with Gasteiger partial charge >= 0.3 is 0 Å². The maximum atomic E-state index is 13.1. The summed E-state index contributed by atoms with van der Waals surface area (Å²) in [5.41, 5.74) is 2.32. The number of benzene rings is 2. The van der Waals surface area contributed by atoms with Gasteiger partial charge in [0.1, 0.15) is 18.0 Å². The average molecular weight is 330 g/mol. The minimum atomic E-state index is -0.307. The molecule has 5 heteroatoms. The standard InChI is InChI=1S/C15H9BrFN3/c16-14-5-10(1-4-15(14)17)9-20-13-3-2-11(7-18)12(6-13)8-19/h1-6,20H,9H2. The minimum absolute atomic E-state index is 0.307. The fraction of sp³-hybridized carbons (Fsp3) is 0.0667. The third-order valence-corrected chi connectivity index (χ3v) is 3.35. The Morgan fingerprint density at radius 1 is 1.05 bits per heavy atom. The average Bonchev–Trinajstić information content (AvgIpc) is 2.48. The molecule has 2 aromatic rings. The number of anilines is 1. The summed E-state index contributed by atoms with van der Waals surface area (Å²) in [6, 6.07) is 13.7. The predicted octanol–water partition coefficient (Wildman–Crippen LogP) is 3.94. The van der Waals surface area contributed by atoms with Crippen LogP contribution >= 0.6 is 15.9 Å². The molecule has 2 rings (SSSR count). The summed E-state index contributed by atoms with van der Waals surface area (Å²) in [4.78, 5) is 0. The first-order valence-electron chi connectivity index (χ1n) is 5.76. The van der Waals surface area contributed by atoms with Gasteiger partial charge in [-0.25, -0.2) is 4.39 Å². The van der Waals surface area contributed by atoms with E-state index in [1.807, 2.05) is 12.1 Å². The minimum Gasteiger partial charge on any atom is -0.381 e. The summed E-state index contributed by atoms with van der Waals surface area (Å²) in [5.74, 6) is -0.307. The summed E-state index contributed by atoms with van der Waals surface area (Å²) >= 11 is 3.13. The Morgan fingerprint density at radius 3 is 2.45 bits per heavy atom. The van der Waals surface area contributed by atoms with E-state index in [-0.39, 0.29) is 5.82 Å². The van der Waals surface area contributed by atoms with Crippen LogP contribution in [0, 0.1) is 28.5 Å². The van der Waals surface area contributed by atoms with Crippen molar-refractivity contribution in [3.63, 3.8) is 0 Å². The molecule has 0 atom stereocenters. The van der Waals surface area contributed by atoms with Crippen molar-refractivity contribution in [3.05, 3.63) is 63.4 Å². The van der Waals surface area contributed by atoms with Gasteiger partial charge in [-0.3, -0.25) is 0 Å². The molecule has 0 fully saturated rings. The molecule has 0 saturated carbocycles. The molecule has 0 amide bonds. The molecule has 0 aromatic heterocycles. The van der Waals surface area contributed by atoms with E-state index in [9.17, 15) is 4.39 Å². The van der Waals surface area contributed by atoms with Crippen molar-refractivity contribution in [2.24, 2.45) is 0 Å². The van der Waals surface area contributed by atoms with E-state index in [1.165, 1.54) is 6.07 Å². The highest BCUT2D eigenvalue weighted by Crippen LogP contribution is 2.19. The largest absolute Gasteiger partial charge is 0.381 e. The van der Waals surface area contributed by atoms with Gasteiger partial charge < -0.3 is 5.32 Å². The maximum Gasteiger partial charge on any atom is 0.137 e. The Morgan fingerprint density at radius 2 is 1.80 bits per heavy atom. The quantitative estimate of drug-likeness (QED) is 0.927. The van der Waals surface area contributed by atoms with Gasteiger partial charge in [0, 0.05) is 12.2 Å². The number of rotatable bonds is 3. The smallest absolute Gasteiger partial charge is 0.137 e. The van der Waals surface area contributed by atoms with Crippen LogP contribution < -0.4 is 5.32 Å². The van der Waals surface area contributed by atoms with Crippen LogP contribution in [0.15, 0.2) is 40.9 Å². The molecule has 0 saturated heterocycles. The van der Waals surface area contributed by atoms with E-state index in [1.54, 1.807) is 30.3 Å². The zero-order chi connectivity index (χ0) is 14.5. The SMILES string of the molecule is N#Cc1ccc(NCc2ccc(F)c(Br)c2)cc1C#N. The van der Waals surface area contributed by atoms with Crippen molar-refractivity contribution in [2.45, 2.75) is 6.54 Å². The first-order chi connectivity index (χ1) is 9.63. The van der Waals surface area contributed by atoms with Crippen molar-refractivity contribution < 1.29 is 4.39 Å². The molecule has 2 aromatic carbocycles. The zero-order valence-corrected chi connectivity index (χ0v) is 11.9. The Labute approximate surface area is 124 Å². The highest BCUT2D eigenvalue weighted by Gasteiger charge is 2.04. The first kappa shape index (κ1) is 14.0. The number of hydrogen-bond donors (Lipinski definition) is 1. The summed E-state index contributed by atoms with van der Waals surface area (Å²) in [6.07, 6.45) is 0. The van der Waals surface area contributed by atoms with Crippen LogP contribution in [-0.4, -0.2) is 0 Å². The van der Waals surface area contributed by atoms with Crippen LogP contribution in [0.25, 0.3) is 0 Å². The van der Waals surface area contributed by atoms with Gasteiger partial charge in [0.15, 0.2) is 0 Å². The lowest BCUT2D eigenvalue weighted by Gasteiger charge is -2.08. The zero-order valence-electron chi connectivity index (χ0n) is 10.3. The molecule has 1 N–H and O–H groups in total. The van der Waals surface area contributed by atoms with Crippen molar-refractivity contribution in [1.29, 1.82) is 10.5 Å². The molecule has 0 aliphatic rings. The number of halogens is 2. The Hall–Kier alpha value is -2.37. The van der Waals surface area contributed by atoms with E-state index in [0.717, 1.165) is 11.3 Å². The molecule has 3 nitrogen and oxygen atoms in total. The summed E-state index contributed by atoms with van der Waals surface area (Å²) in [5, 5.41) is 20.9. The lowest BCUT2D eigenvalue weighted by atomic mass is 10.1. The number of nitrogens with one attached hydrogen (secondary N) is 1. The first-order valence-corrected chi connectivity index (χ1v) is 6.55. The summed E-state index contributed by atoms with van der Waals surface area (Å²) < 4.78 is 13.5. The molecule has 0 heterocycles. The fourth-order valence-corrected chi connectivity index (χ4v) is 2.12. The van der Waals surface area contributed by atoms with Crippen molar-refractivity contribution in [2.75, 3.05) is 5.32 Å². The molecule has 20 heavy (non-hydrogen) atoms. The van der Waals surface area contributed by atoms with Gasteiger partial charge in [-0.15, -0.1) is 0 Å². The van der Waals surface area contributed by atoms with Crippen LogP contribution in [0.1, 0.15) is 16.7 Å². The second-order valence-corrected chi connectivity index (χ2v) is 4.94. The van der Waals surface area contributed by atoms with Crippen LogP contribution in [0.2, 0.25) is 0 Å². The highest BCUT2D eigenvalue weighted by molar-refractivity contribution is 9.10. The molecule has 0 unspecified atom stereocenters. The van der Waals surface area contributed by atoms with Gasteiger partial charge in [-0.05, 0) is 51.8 Å². The number of hydrogen-bond acceptors (Lipinski definition) is 3. The van der Waals surface area contributed by atoms with Crippen LogP contribution in [0.4, 0.5) is 10.1 Å². The van der Waals surface area contributed by atoms with Gasteiger partial charge in [-0.1, -0.05) is 6.07 Å². The summed E-state index contributed by atoms with van der Waals surface area (Å²) in [7, 11) is 0.